The largest absolute Gasteiger partial charge is 0.381 e. The summed E-state index contributed by atoms with van der Waals surface area (Å²) in [6.07, 6.45) is -3.37. The molecule has 142 valence electrons. The quantitative estimate of drug-likeness (QED) is 0.254. The van der Waals surface area contributed by atoms with Crippen molar-refractivity contribution in [1.82, 2.24) is 10.8 Å². The molecule has 9 heteroatoms. The molecule has 0 saturated heterocycles. The number of nitrogens with one attached hydrogen (secondary N) is 2. The number of benzene rings is 1. The molecule has 0 heterocycles. The second-order valence-corrected chi connectivity index (χ2v) is 5.54. The molecule has 2 unspecified atom stereocenters. The van der Waals surface area contributed by atoms with Gasteiger partial charge in [-0.3, -0.25) is 19.6 Å². The number of hydroxylamine groups is 1. The molecule has 0 spiro atoms. The summed E-state index contributed by atoms with van der Waals surface area (Å²) < 4.78 is 25.9. The van der Waals surface area contributed by atoms with Crippen LogP contribution in [0.4, 0.5) is 8.78 Å². The van der Waals surface area contributed by atoms with E-state index in [0.717, 1.165) is 5.48 Å². The van der Waals surface area contributed by atoms with Gasteiger partial charge < -0.3 is 10.4 Å². The van der Waals surface area contributed by atoms with Crippen molar-refractivity contribution in [2.45, 2.75) is 31.9 Å². The number of carbonyl (C=O) groups excluding carboxylic acids is 3. The molecule has 1 aromatic rings. The molecular weight excluding hydrogens is 362 g/mol. The minimum Gasteiger partial charge on any atom is -0.381 e. The Bertz CT molecular complexity index is 842. The molecule has 0 aromatic heterocycles. The molecule has 0 fully saturated rings. The lowest BCUT2D eigenvalue weighted by Gasteiger charge is -2.30. The first kappa shape index (κ1) is 21.8. The highest BCUT2D eigenvalue weighted by molar-refractivity contribution is 5.98. The maximum absolute atomic E-state index is 13.0. The van der Waals surface area contributed by atoms with Gasteiger partial charge in [0.05, 0.1) is 0 Å². The van der Waals surface area contributed by atoms with Gasteiger partial charge in [-0.05, 0) is 49.0 Å². The van der Waals surface area contributed by atoms with E-state index in [9.17, 15) is 28.3 Å². The van der Waals surface area contributed by atoms with Gasteiger partial charge in [0.15, 0.2) is 5.60 Å². The second kappa shape index (κ2) is 9.43. The van der Waals surface area contributed by atoms with E-state index in [0.29, 0.717) is 12.5 Å². The number of hydrogen-bond acceptors (Lipinski definition) is 5. The Morgan fingerprint density at radius 3 is 2.22 bits per heavy atom. The van der Waals surface area contributed by atoms with Crippen molar-refractivity contribution >= 4 is 17.6 Å². The van der Waals surface area contributed by atoms with E-state index in [4.69, 9.17) is 5.21 Å². The molecule has 0 aliphatic rings. The molecule has 4 N–H and O–H groups in total. The Balaban J connectivity index is 2.96. The van der Waals surface area contributed by atoms with Crippen LogP contribution in [0.5, 0.6) is 0 Å². The summed E-state index contributed by atoms with van der Waals surface area (Å²) in [5, 5.41) is 20.4. The number of rotatable bonds is 5. The van der Waals surface area contributed by atoms with Gasteiger partial charge >= 0.3 is 0 Å². The first-order valence-electron chi connectivity index (χ1n) is 7.47. The molecule has 2 amide bonds. The standard InChI is InChI=1S/C18H16F2N2O5/c1-11(23)5-3-4-6-12-7-9-13(10-8-12)15(24)21-14(16(25)22-27)18(2,26)17(19)20/h7-10,14,17,26-27H,1-2H3,(H,21,24)(H,22,25). The van der Waals surface area contributed by atoms with Crippen LogP contribution in [0.15, 0.2) is 24.3 Å². The van der Waals surface area contributed by atoms with E-state index in [1.807, 2.05) is 5.32 Å². The van der Waals surface area contributed by atoms with Crippen molar-refractivity contribution in [3.05, 3.63) is 35.4 Å². The normalized spacial score (nSPS) is 13.1. The summed E-state index contributed by atoms with van der Waals surface area (Å²) in [4.78, 5) is 34.4. The SMILES string of the molecule is CC(=O)C#CC#Cc1ccc(C(=O)NC(C(=O)NO)C(C)(O)C(F)F)cc1. The Kier molecular flexibility index (Phi) is 7.61. The average molecular weight is 378 g/mol. The number of aliphatic hydroxyl groups is 1. The topological polar surface area (TPSA) is 116 Å². The first-order valence-corrected chi connectivity index (χ1v) is 7.47. The molecule has 7 nitrogen and oxygen atoms in total. The summed E-state index contributed by atoms with van der Waals surface area (Å²) in [6, 6.07) is 3.38. The van der Waals surface area contributed by atoms with Gasteiger partial charge in [-0.15, -0.1) is 0 Å². The predicted molar refractivity (Wildman–Crippen MR) is 89.6 cm³/mol. The number of alkyl halides is 2. The minimum absolute atomic E-state index is 0.00354. The summed E-state index contributed by atoms with van der Waals surface area (Å²) in [5.74, 6) is 6.97. The van der Waals surface area contributed by atoms with Crippen LogP contribution < -0.4 is 10.8 Å². The Morgan fingerprint density at radius 1 is 1.15 bits per heavy atom. The van der Waals surface area contributed by atoms with Crippen LogP contribution in [-0.2, 0) is 9.59 Å². The van der Waals surface area contributed by atoms with Crippen LogP contribution in [0.25, 0.3) is 0 Å². The fourth-order valence-electron chi connectivity index (χ4n) is 1.81. The fraction of sp³-hybridized carbons (Fsp3) is 0.278. The van der Waals surface area contributed by atoms with Crippen molar-refractivity contribution < 1.29 is 33.5 Å². The molecular formula is C18H16F2N2O5. The van der Waals surface area contributed by atoms with E-state index < -0.39 is 29.9 Å². The second-order valence-electron chi connectivity index (χ2n) is 5.54. The molecule has 1 rings (SSSR count). The van der Waals surface area contributed by atoms with Crippen LogP contribution in [0.1, 0.15) is 29.8 Å². The van der Waals surface area contributed by atoms with E-state index in [2.05, 4.69) is 23.7 Å². The van der Waals surface area contributed by atoms with Crippen LogP contribution in [0.3, 0.4) is 0 Å². The number of Topliss-reactive ketones (excluding diaryl/α,β-unsaturated/α-hetero) is 1. The zero-order valence-corrected chi connectivity index (χ0v) is 14.3. The number of carbonyl (C=O) groups is 3. The maximum atomic E-state index is 13.0. The number of ketones is 1. The van der Waals surface area contributed by atoms with Crippen LogP contribution >= 0.6 is 0 Å². The van der Waals surface area contributed by atoms with Gasteiger partial charge in [-0.2, -0.15) is 0 Å². The lowest BCUT2D eigenvalue weighted by atomic mass is 9.95. The van der Waals surface area contributed by atoms with E-state index in [1.165, 1.54) is 31.2 Å². The van der Waals surface area contributed by atoms with Crippen LogP contribution in [0, 0.1) is 23.7 Å². The van der Waals surface area contributed by atoms with Crippen molar-refractivity contribution in [3.63, 3.8) is 0 Å². The van der Waals surface area contributed by atoms with Gasteiger partial charge in [0.25, 0.3) is 18.2 Å². The molecule has 0 radical (unpaired) electrons. The van der Waals surface area contributed by atoms with Gasteiger partial charge in [0.2, 0.25) is 5.78 Å². The fourth-order valence-corrected chi connectivity index (χ4v) is 1.81. The highest BCUT2D eigenvalue weighted by Gasteiger charge is 2.46. The van der Waals surface area contributed by atoms with Crippen molar-refractivity contribution in [3.8, 4) is 23.7 Å². The minimum atomic E-state index is -3.37. The lowest BCUT2D eigenvalue weighted by Crippen LogP contribution is -2.61. The molecule has 0 bridgehead atoms. The summed E-state index contributed by atoms with van der Waals surface area (Å²) in [7, 11) is 0. The summed E-state index contributed by atoms with van der Waals surface area (Å²) in [5.41, 5.74) is -1.32. The third-order valence-corrected chi connectivity index (χ3v) is 3.33. The molecule has 0 aliphatic heterocycles. The Labute approximate surface area is 153 Å². The summed E-state index contributed by atoms with van der Waals surface area (Å²) >= 11 is 0. The van der Waals surface area contributed by atoms with Crippen molar-refractivity contribution in [2.75, 3.05) is 0 Å². The van der Waals surface area contributed by atoms with E-state index in [1.54, 1.807) is 0 Å². The van der Waals surface area contributed by atoms with Gasteiger partial charge in [0, 0.05) is 18.1 Å². The molecule has 27 heavy (non-hydrogen) atoms. The Morgan fingerprint density at radius 2 is 1.74 bits per heavy atom. The monoisotopic (exact) mass is 378 g/mol. The van der Waals surface area contributed by atoms with Gasteiger partial charge in [-0.1, -0.05) is 5.92 Å². The van der Waals surface area contributed by atoms with Crippen LogP contribution in [0.2, 0.25) is 0 Å². The van der Waals surface area contributed by atoms with E-state index in [-0.39, 0.29) is 11.3 Å². The average Bonchev–Trinajstić information content (AvgIpc) is 2.62. The van der Waals surface area contributed by atoms with Crippen molar-refractivity contribution in [2.24, 2.45) is 0 Å². The maximum Gasteiger partial charge on any atom is 0.269 e. The third-order valence-electron chi connectivity index (χ3n) is 3.33. The van der Waals surface area contributed by atoms with Crippen LogP contribution in [-0.4, -0.2) is 46.0 Å². The number of halogens is 2. The number of hydrogen-bond donors (Lipinski definition) is 4. The first-order chi connectivity index (χ1) is 12.6. The molecule has 0 saturated carbocycles. The van der Waals surface area contributed by atoms with Gasteiger partial charge in [0.1, 0.15) is 6.04 Å². The predicted octanol–water partition coefficient (Wildman–Crippen LogP) is 0.250. The van der Waals surface area contributed by atoms with Gasteiger partial charge in [-0.25, -0.2) is 14.3 Å². The smallest absolute Gasteiger partial charge is 0.269 e. The third kappa shape index (κ3) is 6.19. The molecule has 0 aliphatic carbocycles. The highest BCUT2D eigenvalue weighted by Crippen LogP contribution is 2.20. The zero-order valence-electron chi connectivity index (χ0n) is 14.3. The molecule has 1 aromatic carbocycles. The van der Waals surface area contributed by atoms with E-state index >= 15 is 0 Å². The Hall–Kier alpha value is -3.27. The molecule has 2 atom stereocenters. The lowest BCUT2D eigenvalue weighted by molar-refractivity contribution is -0.149. The highest BCUT2D eigenvalue weighted by atomic mass is 19.3. The number of amides is 2. The zero-order chi connectivity index (χ0) is 20.6. The summed E-state index contributed by atoms with van der Waals surface area (Å²) in [6.45, 7) is 1.94. The van der Waals surface area contributed by atoms with Crippen molar-refractivity contribution in [1.29, 1.82) is 0 Å².